The highest BCUT2D eigenvalue weighted by Gasteiger charge is 2.14. The van der Waals surface area contributed by atoms with E-state index in [1.165, 1.54) is 6.33 Å². The maximum atomic E-state index is 12.2. The number of amides is 1. The van der Waals surface area contributed by atoms with E-state index in [0.29, 0.717) is 17.8 Å². The molecule has 2 aromatic heterocycles. The number of likely N-dealkylation sites (N-methyl/N-ethyl adjacent to an activating group) is 1. The molecule has 0 atom stereocenters. The van der Waals surface area contributed by atoms with Crippen LogP contribution in [-0.2, 0) is 6.42 Å². The minimum absolute atomic E-state index is 0.0489. The van der Waals surface area contributed by atoms with Crippen molar-refractivity contribution in [3.8, 4) is 0 Å². The van der Waals surface area contributed by atoms with E-state index in [2.05, 4.69) is 15.0 Å². The average molecular weight is 256 g/mol. The van der Waals surface area contributed by atoms with Crippen LogP contribution in [0.15, 0.2) is 37.1 Å². The third-order valence-corrected chi connectivity index (χ3v) is 2.97. The van der Waals surface area contributed by atoms with Gasteiger partial charge in [0.05, 0.1) is 11.3 Å². The SMILES string of the molecule is Cc1ncncc1C(=O)N(C)CCc1ccncc1. The predicted octanol–water partition coefficient (Wildman–Crippen LogP) is 1.49. The summed E-state index contributed by atoms with van der Waals surface area (Å²) in [6, 6.07) is 3.91. The van der Waals surface area contributed by atoms with E-state index in [9.17, 15) is 4.79 Å². The molecular formula is C14H16N4O. The molecule has 0 unspecified atom stereocenters. The van der Waals surface area contributed by atoms with Crippen LogP contribution < -0.4 is 0 Å². The van der Waals surface area contributed by atoms with Crippen molar-refractivity contribution >= 4 is 5.91 Å². The summed E-state index contributed by atoms with van der Waals surface area (Å²) >= 11 is 0. The summed E-state index contributed by atoms with van der Waals surface area (Å²) in [7, 11) is 1.79. The summed E-state index contributed by atoms with van der Waals surface area (Å²) in [6.07, 6.45) is 7.33. The van der Waals surface area contributed by atoms with Crippen molar-refractivity contribution < 1.29 is 4.79 Å². The Hall–Kier alpha value is -2.30. The quantitative estimate of drug-likeness (QED) is 0.831. The van der Waals surface area contributed by atoms with Crippen LogP contribution in [0.3, 0.4) is 0 Å². The monoisotopic (exact) mass is 256 g/mol. The number of carbonyl (C=O) groups excluding carboxylic acids is 1. The molecule has 0 radical (unpaired) electrons. The fourth-order valence-electron chi connectivity index (χ4n) is 1.75. The molecule has 0 saturated heterocycles. The van der Waals surface area contributed by atoms with E-state index in [1.54, 1.807) is 30.5 Å². The smallest absolute Gasteiger partial charge is 0.257 e. The van der Waals surface area contributed by atoms with Gasteiger partial charge in [-0.15, -0.1) is 0 Å². The normalized spacial score (nSPS) is 10.2. The number of rotatable bonds is 4. The van der Waals surface area contributed by atoms with Crippen LogP contribution in [0.2, 0.25) is 0 Å². The van der Waals surface area contributed by atoms with E-state index in [0.717, 1.165) is 12.0 Å². The molecule has 5 heteroatoms. The molecule has 0 aliphatic carbocycles. The zero-order valence-corrected chi connectivity index (χ0v) is 11.1. The number of hydrogen-bond acceptors (Lipinski definition) is 4. The van der Waals surface area contributed by atoms with Crippen molar-refractivity contribution in [2.75, 3.05) is 13.6 Å². The van der Waals surface area contributed by atoms with Crippen LogP contribution in [-0.4, -0.2) is 39.4 Å². The summed E-state index contributed by atoms with van der Waals surface area (Å²) in [5.41, 5.74) is 2.42. The number of aryl methyl sites for hydroxylation is 1. The first-order valence-electron chi connectivity index (χ1n) is 6.09. The molecular weight excluding hydrogens is 240 g/mol. The highest BCUT2D eigenvalue weighted by Crippen LogP contribution is 2.07. The van der Waals surface area contributed by atoms with Gasteiger partial charge in [0.1, 0.15) is 6.33 Å². The van der Waals surface area contributed by atoms with Crippen molar-refractivity contribution in [3.63, 3.8) is 0 Å². The predicted molar refractivity (Wildman–Crippen MR) is 71.7 cm³/mol. The molecule has 2 rings (SSSR count). The van der Waals surface area contributed by atoms with Gasteiger partial charge < -0.3 is 4.90 Å². The van der Waals surface area contributed by atoms with E-state index in [4.69, 9.17) is 0 Å². The van der Waals surface area contributed by atoms with Gasteiger partial charge in [0.2, 0.25) is 0 Å². The molecule has 0 aromatic carbocycles. The molecule has 0 aliphatic heterocycles. The lowest BCUT2D eigenvalue weighted by Gasteiger charge is -2.17. The second-order valence-corrected chi connectivity index (χ2v) is 4.35. The number of hydrogen-bond donors (Lipinski definition) is 0. The molecule has 98 valence electrons. The summed E-state index contributed by atoms with van der Waals surface area (Å²) in [4.78, 5) is 25.8. The third-order valence-electron chi connectivity index (χ3n) is 2.97. The standard InChI is InChI=1S/C14H16N4O/c1-11-13(9-16-10-17-11)14(19)18(2)8-5-12-3-6-15-7-4-12/h3-4,6-7,9-10H,5,8H2,1-2H3. The summed E-state index contributed by atoms with van der Waals surface area (Å²) in [5.74, 6) is -0.0489. The number of aromatic nitrogens is 3. The first-order chi connectivity index (χ1) is 9.18. The Balaban J connectivity index is 1.99. The van der Waals surface area contributed by atoms with Gasteiger partial charge in [-0.1, -0.05) is 0 Å². The maximum absolute atomic E-state index is 12.2. The van der Waals surface area contributed by atoms with Crippen LogP contribution >= 0.6 is 0 Å². The van der Waals surface area contributed by atoms with Gasteiger partial charge in [-0.05, 0) is 31.0 Å². The van der Waals surface area contributed by atoms with E-state index in [1.807, 2.05) is 19.1 Å². The first-order valence-corrected chi connectivity index (χ1v) is 6.09. The number of carbonyl (C=O) groups is 1. The Bertz CT molecular complexity index is 556. The summed E-state index contributed by atoms with van der Waals surface area (Å²) in [5, 5.41) is 0. The summed E-state index contributed by atoms with van der Waals surface area (Å²) in [6.45, 7) is 2.46. The Morgan fingerprint density at radius 3 is 2.68 bits per heavy atom. The van der Waals surface area contributed by atoms with Crippen LogP contribution in [0.25, 0.3) is 0 Å². The number of pyridine rings is 1. The molecule has 19 heavy (non-hydrogen) atoms. The summed E-state index contributed by atoms with van der Waals surface area (Å²) < 4.78 is 0. The minimum Gasteiger partial charge on any atom is -0.341 e. The third kappa shape index (κ3) is 3.34. The molecule has 2 aromatic rings. The topological polar surface area (TPSA) is 59.0 Å². The van der Waals surface area contributed by atoms with Crippen molar-refractivity contribution in [3.05, 3.63) is 53.9 Å². The molecule has 0 bridgehead atoms. The van der Waals surface area contributed by atoms with Gasteiger partial charge in [-0.25, -0.2) is 9.97 Å². The molecule has 0 fully saturated rings. The fourth-order valence-corrected chi connectivity index (χ4v) is 1.75. The highest BCUT2D eigenvalue weighted by atomic mass is 16.2. The molecule has 2 heterocycles. The lowest BCUT2D eigenvalue weighted by atomic mass is 10.1. The molecule has 5 nitrogen and oxygen atoms in total. The van der Waals surface area contributed by atoms with E-state index < -0.39 is 0 Å². The van der Waals surface area contributed by atoms with Gasteiger partial charge >= 0.3 is 0 Å². The second-order valence-electron chi connectivity index (χ2n) is 4.35. The molecule has 0 N–H and O–H groups in total. The molecule has 0 saturated carbocycles. The maximum Gasteiger partial charge on any atom is 0.257 e. The largest absolute Gasteiger partial charge is 0.341 e. The zero-order chi connectivity index (χ0) is 13.7. The highest BCUT2D eigenvalue weighted by molar-refractivity contribution is 5.94. The Labute approximate surface area is 112 Å². The second kappa shape index (κ2) is 6.04. The molecule has 0 aliphatic rings. The van der Waals surface area contributed by atoms with Crippen LogP contribution in [0, 0.1) is 6.92 Å². The lowest BCUT2D eigenvalue weighted by Crippen LogP contribution is -2.29. The molecule has 1 amide bonds. The van der Waals surface area contributed by atoms with Gasteiger partial charge in [-0.2, -0.15) is 0 Å². The Morgan fingerprint density at radius 2 is 2.00 bits per heavy atom. The van der Waals surface area contributed by atoms with Gasteiger partial charge in [0.25, 0.3) is 5.91 Å². The Kier molecular flexibility index (Phi) is 4.18. The van der Waals surface area contributed by atoms with E-state index in [-0.39, 0.29) is 5.91 Å². The van der Waals surface area contributed by atoms with Crippen LogP contribution in [0.4, 0.5) is 0 Å². The molecule has 0 spiro atoms. The van der Waals surface area contributed by atoms with Crippen molar-refractivity contribution in [2.45, 2.75) is 13.3 Å². The first kappa shape index (κ1) is 13.1. The zero-order valence-electron chi connectivity index (χ0n) is 11.1. The van der Waals surface area contributed by atoms with Crippen molar-refractivity contribution in [2.24, 2.45) is 0 Å². The van der Waals surface area contributed by atoms with Crippen LogP contribution in [0.1, 0.15) is 21.6 Å². The number of nitrogens with zero attached hydrogens (tertiary/aromatic N) is 4. The lowest BCUT2D eigenvalue weighted by molar-refractivity contribution is 0.0795. The van der Waals surface area contributed by atoms with Crippen molar-refractivity contribution in [1.29, 1.82) is 0 Å². The van der Waals surface area contributed by atoms with E-state index >= 15 is 0 Å². The fraction of sp³-hybridized carbons (Fsp3) is 0.286. The van der Waals surface area contributed by atoms with Crippen molar-refractivity contribution in [1.82, 2.24) is 19.9 Å². The van der Waals surface area contributed by atoms with Gasteiger partial charge in [-0.3, -0.25) is 9.78 Å². The van der Waals surface area contributed by atoms with Gasteiger partial charge in [0, 0.05) is 32.2 Å². The van der Waals surface area contributed by atoms with Gasteiger partial charge in [0.15, 0.2) is 0 Å². The Morgan fingerprint density at radius 1 is 1.26 bits per heavy atom. The minimum atomic E-state index is -0.0489. The van der Waals surface area contributed by atoms with Crippen LogP contribution in [0.5, 0.6) is 0 Å². The average Bonchev–Trinajstić information content (AvgIpc) is 2.45.